The van der Waals surface area contributed by atoms with Gasteiger partial charge in [0.25, 0.3) is 0 Å². The molecular weight excluding hydrogens is 348 g/mol. The highest BCUT2D eigenvalue weighted by molar-refractivity contribution is 8.00. The quantitative estimate of drug-likeness (QED) is 0.201. The highest BCUT2D eigenvalue weighted by Crippen LogP contribution is 2.20. The van der Waals surface area contributed by atoms with Crippen molar-refractivity contribution in [3.05, 3.63) is 12.2 Å². The van der Waals surface area contributed by atoms with Gasteiger partial charge in [0.1, 0.15) is 0 Å². The number of carboxylic acid groups (broad SMARTS) is 2. The Morgan fingerprint density at radius 1 is 0.846 bits per heavy atom. The van der Waals surface area contributed by atoms with Gasteiger partial charge in [-0.25, -0.2) is 0 Å². The number of aliphatic carboxylic acids is 2. The topological polar surface area (TPSA) is 74.6 Å². The molecule has 0 spiro atoms. The molecule has 5 heteroatoms. The molecule has 0 fully saturated rings. The van der Waals surface area contributed by atoms with E-state index < -0.39 is 11.9 Å². The lowest BCUT2D eigenvalue weighted by Crippen LogP contribution is -2.06. The Labute approximate surface area is 163 Å². The van der Waals surface area contributed by atoms with Gasteiger partial charge in [0.2, 0.25) is 0 Å². The Balaban J connectivity index is 3.72. The Kier molecular flexibility index (Phi) is 18.1. The summed E-state index contributed by atoms with van der Waals surface area (Å²) in [7, 11) is 0. The Morgan fingerprint density at radius 3 is 1.92 bits per heavy atom. The van der Waals surface area contributed by atoms with Crippen molar-refractivity contribution < 1.29 is 19.8 Å². The van der Waals surface area contributed by atoms with Crippen LogP contribution in [0.1, 0.15) is 96.8 Å². The highest BCUT2D eigenvalue weighted by atomic mass is 32.2. The molecule has 0 amide bonds. The molecule has 0 aliphatic rings. The van der Waals surface area contributed by atoms with E-state index in [1.54, 1.807) is 11.8 Å². The second-order valence-corrected chi connectivity index (χ2v) is 8.23. The number of hydrogen-bond acceptors (Lipinski definition) is 3. The minimum absolute atomic E-state index is 0.105. The number of unbranched alkanes of at least 4 members (excludes halogenated alkanes) is 10. The molecule has 1 unspecified atom stereocenters. The molecule has 0 radical (unpaired) electrons. The van der Waals surface area contributed by atoms with Crippen LogP contribution in [-0.4, -0.2) is 33.2 Å². The SMILES string of the molecule is CCCCCCCCCCCCC=CC(CCC(=O)O)SCCC(=O)O. The molecule has 152 valence electrons. The third-order valence-corrected chi connectivity index (χ3v) is 5.63. The molecule has 0 heterocycles. The molecular formula is C21H38O4S. The van der Waals surface area contributed by atoms with E-state index in [4.69, 9.17) is 10.2 Å². The van der Waals surface area contributed by atoms with Gasteiger partial charge in [0.05, 0.1) is 6.42 Å². The van der Waals surface area contributed by atoms with Crippen molar-refractivity contribution in [2.45, 2.75) is 102 Å². The van der Waals surface area contributed by atoms with Gasteiger partial charge in [0, 0.05) is 17.4 Å². The third-order valence-electron chi connectivity index (χ3n) is 4.37. The van der Waals surface area contributed by atoms with Crippen molar-refractivity contribution in [3.8, 4) is 0 Å². The second kappa shape index (κ2) is 18.8. The molecule has 0 saturated heterocycles. The van der Waals surface area contributed by atoms with Crippen LogP contribution in [0.5, 0.6) is 0 Å². The summed E-state index contributed by atoms with van der Waals surface area (Å²) in [4.78, 5) is 21.3. The average Bonchev–Trinajstić information content (AvgIpc) is 2.59. The summed E-state index contributed by atoms with van der Waals surface area (Å²) in [6.45, 7) is 2.25. The monoisotopic (exact) mass is 386 g/mol. The second-order valence-electron chi connectivity index (χ2n) is 6.88. The molecule has 0 aliphatic heterocycles. The normalized spacial score (nSPS) is 12.5. The fourth-order valence-electron chi connectivity index (χ4n) is 2.80. The summed E-state index contributed by atoms with van der Waals surface area (Å²) in [6.07, 6.45) is 19.3. The van der Waals surface area contributed by atoms with Gasteiger partial charge < -0.3 is 10.2 Å². The molecule has 4 nitrogen and oxygen atoms in total. The minimum atomic E-state index is -0.802. The molecule has 0 aromatic heterocycles. The van der Waals surface area contributed by atoms with Crippen molar-refractivity contribution >= 4 is 23.7 Å². The van der Waals surface area contributed by atoms with Gasteiger partial charge in [0.15, 0.2) is 0 Å². The lowest BCUT2D eigenvalue weighted by atomic mass is 10.1. The predicted octanol–water partition coefficient (Wildman–Crippen LogP) is 6.29. The summed E-state index contributed by atoms with van der Waals surface area (Å²) in [6, 6.07) is 0. The zero-order valence-corrected chi connectivity index (χ0v) is 17.3. The first kappa shape index (κ1) is 25.0. The first-order valence-electron chi connectivity index (χ1n) is 10.3. The van der Waals surface area contributed by atoms with Gasteiger partial charge >= 0.3 is 11.9 Å². The van der Waals surface area contributed by atoms with Crippen LogP contribution in [0, 0.1) is 0 Å². The van der Waals surface area contributed by atoms with Crippen molar-refractivity contribution in [3.63, 3.8) is 0 Å². The van der Waals surface area contributed by atoms with Gasteiger partial charge in [-0.3, -0.25) is 9.59 Å². The van der Waals surface area contributed by atoms with E-state index >= 15 is 0 Å². The van der Waals surface area contributed by atoms with E-state index in [9.17, 15) is 9.59 Å². The molecule has 0 aromatic rings. The van der Waals surface area contributed by atoms with Gasteiger partial charge in [-0.05, 0) is 19.3 Å². The molecule has 2 N–H and O–H groups in total. The Hall–Kier alpha value is -0.970. The van der Waals surface area contributed by atoms with E-state index in [1.807, 2.05) is 0 Å². The van der Waals surface area contributed by atoms with Crippen LogP contribution < -0.4 is 0 Å². The molecule has 0 aromatic carbocycles. The zero-order chi connectivity index (χ0) is 19.5. The van der Waals surface area contributed by atoms with Gasteiger partial charge in [-0.15, -0.1) is 0 Å². The standard InChI is InChI=1S/C21H38O4S/c1-2-3-4-5-6-7-8-9-10-11-12-13-14-19(15-16-20(22)23)26-18-17-21(24)25/h13-14,19H,2-12,15-18H2,1H3,(H,22,23)(H,24,25). The maximum absolute atomic E-state index is 10.7. The van der Waals surface area contributed by atoms with Crippen LogP contribution in [0.15, 0.2) is 12.2 Å². The molecule has 1 atom stereocenters. The van der Waals surface area contributed by atoms with Crippen LogP contribution in [0.4, 0.5) is 0 Å². The van der Waals surface area contributed by atoms with E-state index in [0.717, 1.165) is 6.42 Å². The third kappa shape index (κ3) is 19.4. The fourth-order valence-corrected chi connectivity index (χ4v) is 3.90. The maximum atomic E-state index is 10.7. The Bertz CT molecular complexity index is 382. The number of allylic oxidation sites excluding steroid dienone is 1. The van der Waals surface area contributed by atoms with E-state index in [2.05, 4.69) is 19.1 Å². The number of thioether (sulfide) groups is 1. The lowest BCUT2D eigenvalue weighted by molar-refractivity contribution is -0.137. The first-order valence-corrected chi connectivity index (χ1v) is 11.3. The largest absolute Gasteiger partial charge is 0.481 e. The molecule has 0 saturated carbocycles. The fraction of sp³-hybridized carbons (Fsp3) is 0.810. The van der Waals surface area contributed by atoms with Crippen LogP contribution >= 0.6 is 11.8 Å². The summed E-state index contributed by atoms with van der Waals surface area (Å²) in [5.41, 5.74) is 0. The average molecular weight is 387 g/mol. The number of carbonyl (C=O) groups is 2. The molecule has 0 rings (SSSR count). The van der Waals surface area contributed by atoms with E-state index in [1.165, 1.54) is 64.2 Å². The first-order chi connectivity index (χ1) is 12.6. The molecule has 0 aliphatic carbocycles. The zero-order valence-electron chi connectivity index (χ0n) is 16.5. The summed E-state index contributed by atoms with van der Waals surface area (Å²) < 4.78 is 0. The van der Waals surface area contributed by atoms with Crippen LogP contribution in [0.2, 0.25) is 0 Å². The van der Waals surface area contributed by atoms with Crippen LogP contribution in [0.3, 0.4) is 0 Å². The van der Waals surface area contributed by atoms with E-state index in [0.29, 0.717) is 12.2 Å². The van der Waals surface area contributed by atoms with Crippen LogP contribution in [0.25, 0.3) is 0 Å². The maximum Gasteiger partial charge on any atom is 0.304 e. The van der Waals surface area contributed by atoms with Gasteiger partial charge in [-0.1, -0.05) is 76.9 Å². The summed E-state index contributed by atoms with van der Waals surface area (Å²) in [5.74, 6) is -1.07. The van der Waals surface area contributed by atoms with Crippen molar-refractivity contribution in [2.24, 2.45) is 0 Å². The van der Waals surface area contributed by atoms with E-state index in [-0.39, 0.29) is 18.1 Å². The van der Waals surface area contributed by atoms with Crippen molar-refractivity contribution in [2.75, 3.05) is 5.75 Å². The smallest absolute Gasteiger partial charge is 0.304 e. The van der Waals surface area contributed by atoms with Crippen LogP contribution in [-0.2, 0) is 9.59 Å². The molecule has 0 bridgehead atoms. The highest BCUT2D eigenvalue weighted by Gasteiger charge is 2.09. The van der Waals surface area contributed by atoms with Gasteiger partial charge in [-0.2, -0.15) is 11.8 Å². The number of rotatable bonds is 19. The van der Waals surface area contributed by atoms with Crippen molar-refractivity contribution in [1.29, 1.82) is 0 Å². The summed E-state index contributed by atoms with van der Waals surface area (Å²) >= 11 is 1.54. The Morgan fingerprint density at radius 2 is 1.38 bits per heavy atom. The number of carboxylic acids is 2. The number of hydrogen-bond donors (Lipinski definition) is 2. The summed E-state index contributed by atoms with van der Waals surface area (Å²) in [5, 5.41) is 17.6. The predicted molar refractivity (Wildman–Crippen MR) is 111 cm³/mol. The lowest BCUT2D eigenvalue weighted by Gasteiger charge is -2.10. The van der Waals surface area contributed by atoms with Crippen molar-refractivity contribution in [1.82, 2.24) is 0 Å². The minimum Gasteiger partial charge on any atom is -0.481 e. The molecule has 26 heavy (non-hydrogen) atoms.